The molecule has 0 aromatic heterocycles. The first-order chi connectivity index (χ1) is 10.5. The van der Waals surface area contributed by atoms with Crippen LogP contribution in [0.4, 0.5) is 0 Å². The molecule has 22 heavy (non-hydrogen) atoms. The number of amides is 2. The first-order valence-corrected chi connectivity index (χ1v) is 7.73. The Morgan fingerprint density at radius 3 is 2.82 bits per heavy atom. The first kappa shape index (κ1) is 16.3. The summed E-state index contributed by atoms with van der Waals surface area (Å²) < 4.78 is 5.19. The van der Waals surface area contributed by atoms with Crippen molar-refractivity contribution in [1.82, 2.24) is 4.90 Å². The van der Waals surface area contributed by atoms with E-state index in [2.05, 4.69) is 0 Å². The number of ether oxygens (including phenoxy) is 1. The molecule has 120 valence electrons. The summed E-state index contributed by atoms with van der Waals surface area (Å²) in [6.45, 7) is 2.48. The lowest BCUT2D eigenvalue weighted by Gasteiger charge is -2.37. The predicted molar refractivity (Wildman–Crippen MR) is 84.4 cm³/mol. The summed E-state index contributed by atoms with van der Waals surface area (Å²) in [5.74, 6) is 0.362. The van der Waals surface area contributed by atoms with E-state index in [-0.39, 0.29) is 23.8 Å². The van der Waals surface area contributed by atoms with Gasteiger partial charge in [-0.15, -0.1) is 0 Å². The van der Waals surface area contributed by atoms with Crippen molar-refractivity contribution in [2.45, 2.75) is 38.6 Å². The Morgan fingerprint density at radius 1 is 1.36 bits per heavy atom. The number of carbonyl (C=O) groups is 2. The summed E-state index contributed by atoms with van der Waals surface area (Å²) in [6, 6.07) is 7.91. The van der Waals surface area contributed by atoms with E-state index in [0.29, 0.717) is 19.4 Å². The van der Waals surface area contributed by atoms with E-state index >= 15 is 0 Å². The van der Waals surface area contributed by atoms with Crippen LogP contribution in [0.25, 0.3) is 0 Å². The smallest absolute Gasteiger partial charge is 0.223 e. The maximum absolute atomic E-state index is 12.4. The second-order valence-electron chi connectivity index (χ2n) is 5.92. The lowest BCUT2D eigenvalue weighted by Crippen LogP contribution is -2.48. The highest BCUT2D eigenvalue weighted by Crippen LogP contribution is 2.23. The standard InChI is InChI=1S/C17H24N2O3/c1-12-6-8-14(17(18)21)11-19(12)16(20)9-7-13-4-3-5-15(10-13)22-2/h3-5,10,12,14H,6-9,11H2,1-2H3,(H2,18,21)/t12-,14+/m1/s1. The number of methoxy groups -OCH3 is 1. The number of carbonyl (C=O) groups excluding carboxylic acids is 2. The van der Waals surface area contributed by atoms with Gasteiger partial charge >= 0.3 is 0 Å². The number of piperidine rings is 1. The molecule has 2 N–H and O–H groups in total. The first-order valence-electron chi connectivity index (χ1n) is 7.73. The largest absolute Gasteiger partial charge is 0.497 e. The van der Waals surface area contributed by atoms with Gasteiger partial charge in [-0.2, -0.15) is 0 Å². The van der Waals surface area contributed by atoms with E-state index in [0.717, 1.165) is 24.2 Å². The van der Waals surface area contributed by atoms with Crippen LogP contribution in [-0.4, -0.2) is 36.4 Å². The molecule has 5 heteroatoms. The molecule has 1 aromatic rings. The third-order valence-electron chi connectivity index (χ3n) is 4.37. The van der Waals surface area contributed by atoms with Crippen molar-refractivity contribution in [2.24, 2.45) is 11.7 Å². The van der Waals surface area contributed by atoms with Crippen molar-refractivity contribution in [3.8, 4) is 5.75 Å². The number of rotatable bonds is 5. The molecule has 2 amide bonds. The van der Waals surface area contributed by atoms with E-state index in [1.807, 2.05) is 31.2 Å². The highest BCUT2D eigenvalue weighted by atomic mass is 16.5. The van der Waals surface area contributed by atoms with Gasteiger partial charge in [-0.1, -0.05) is 12.1 Å². The van der Waals surface area contributed by atoms with Crippen molar-refractivity contribution >= 4 is 11.8 Å². The maximum Gasteiger partial charge on any atom is 0.223 e. The molecule has 1 saturated heterocycles. The Morgan fingerprint density at radius 2 is 2.14 bits per heavy atom. The molecule has 0 spiro atoms. The number of hydrogen-bond acceptors (Lipinski definition) is 3. The van der Waals surface area contributed by atoms with Crippen LogP contribution in [0.1, 0.15) is 31.7 Å². The van der Waals surface area contributed by atoms with Crippen LogP contribution in [0.5, 0.6) is 5.75 Å². The van der Waals surface area contributed by atoms with Crippen LogP contribution >= 0.6 is 0 Å². The minimum atomic E-state index is -0.308. The van der Waals surface area contributed by atoms with Gasteiger partial charge < -0.3 is 15.4 Å². The highest BCUT2D eigenvalue weighted by Gasteiger charge is 2.31. The average Bonchev–Trinajstić information content (AvgIpc) is 2.53. The molecule has 1 aromatic carbocycles. The number of aryl methyl sites for hydroxylation is 1. The molecule has 5 nitrogen and oxygen atoms in total. The van der Waals surface area contributed by atoms with Crippen LogP contribution < -0.4 is 10.5 Å². The number of primary amides is 1. The highest BCUT2D eigenvalue weighted by molar-refractivity contribution is 5.80. The quantitative estimate of drug-likeness (QED) is 0.900. The zero-order chi connectivity index (χ0) is 16.1. The van der Waals surface area contributed by atoms with Gasteiger partial charge in [0.25, 0.3) is 0 Å². The van der Waals surface area contributed by atoms with E-state index in [1.165, 1.54) is 0 Å². The molecule has 0 saturated carbocycles. The zero-order valence-electron chi connectivity index (χ0n) is 13.2. The second kappa shape index (κ2) is 7.29. The van der Waals surface area contributed by atoms with Gasteiger partial charge in [-0.05, 0) is 43.9 Å². The van der Waals surface area contributed by atoms with Crippen LogP contribution in [0, 0.1) is 5.92 Å². The molecule has 0 radical (unpaired) electrons. The van der Waals surface area contributed by atoms with Crippen molar-refractivity contribution in [2.75, 3.05) is 13.7 Å². The number of likely N-dealkylation sites (tertiary alicyclic amines) is 1. The van der Waals surface area contributed by atoms with Gasteiger partial charge in [0.15, 0.2) is 0 Å². The second-order valence-corrected chi connectivity index (χ2v) is 5.92. The summed E-state index contributed by atoms with van der Waals surface area (Å²) >= 11 is 0. The van der Waals surface area contributed by atoms with Gasteiger partial charge in [0.1, 0.15) is 5.75 Å². The van der Waals surface area contributed by atoms with Crippen LogP contribution in [0.2, 0.25) is 0 Å². The monoisotopic (exact) mass is 304 g/mol. The predicted octanol–water partition coefficient (Wildman–Crippen LogP) is 1.74. The summed E-state index contributed by atoms with van der Waals surface area (Å²) in [6.07, 6.45) is 2.71. The third-order valence-corrected chi connectivity index (χ3v) is 4.37. The van der Waals surface area contributed by atoms with Crippen LogP contribution in [-0.2, 0) is 16.0 Å². The lowest BCUT2D eigenvalue weighted by molar-refractivity contribution is -0.137. The minimum Gasteiger partial charge on any atom is -0.497 e. The Bertz CT molecular complexity index is 544. The van der Waals surface area contributed by atoms with E-state index in [9.17, 15) is 9.59 Å². The topological polar surface area (TPSA) is 72.6 Å². The van der Waals surface area contributed by atoms with Crippen LogP contribution in [0.3, 0.4) is 0 Å². The number of nitrogens with zero attached hydrogens (tertiary/aromatic N) is 1. The normalized spacial score (nSPS) is 21.5. The van der Waals surface area contributed by atoms with Gasteiger partial charge in [0.2, 0.25) is 11.8 Å². The van der Waals surface area contributed by atoms with Crippen molar-refractivity contribution in [1.29, 1.82) is 0 Å². The van der Waals surface area contributed by atoms with Gasteiger partial charge in [0, 0.05) is 19.0 Å². The maximum atomic E-state index is 12.4. The van der Waals surface area contributed by atoms with Crippen molar-refractivity contribution in [3.05, 3.63) is 29.8 Å². The van der Waals surface area contributed by atoms with Crippen LogP contribution in [0.15, 0.2) is 24.3 Å². The summed E-state index contributed by atoms with van der Waals surface area (Å²) in [5, 5.41) is 0. The average molecular weight is 304 g/mol. The number of nitrogens with two attached hydrogens (primary N) is 1. The molecule has 0 unspecified atom stereocenters. The van der Waals surface area contributed by atoms with E-state index < -0.39 is 0 Å². The summed E-state index contributed by atoms with van der Waals surface area (Å²) in [7, 11) is 1.63. The van der Waals surface area contributed by atoms with E-state index in [1.54, 1.807) is 12.0 Å². The molecule has 1 fully saturated rings. The van der Waals surface area contributed by atoms with Crippen molar-refractivity contribution < 1.29 is 14.3 Å². The van der Waals surface area contributed by atoms with E-state index in [4.69, 9.17) is 10.5 Å². The molecule has 0 bridgehead atoms. The Kier molecular flexibility index (Phi) is 5.41. The fourth-order valence-corrected chi connectivity index (χ4v) is 2.91. The van der Waals surface area contributed by atoms with Gasteiger partial charge in [0.05, 0.1) is 13.0 Å². The molecule has 2 rings (SSSR count). The van der Waals surface area contributed by atoms with Gasteiger partial charge in [-0.3, -0.25) is 9.59 Å². The Balaban J connectivity index is 1.94. The summed E-state index contributed by atoms with van der Waals surface area (Å²) in [5.41, 5.74) is 6.45. The van der Waals surface area contributed by atoms with Gasteiger partial charge in [-0.25, -0.2) is 0 Å². The number of benzene rings is 1. The molecule has 1 heterocycles. The molecule has 1 aliphatic heterocycles. The third kappa shape index (κ3) is 4.00. The van der Waals surface area contributed by atoms with Crippen molar-refractivity contribution in [3.63, 3.8) is 0 Å². The SMILES string of the molecule is COc1cccc(CCC(=O)N2C[C@@H](C(N)=O)CC[C@H]2C)c1. The molecule has 0 aliphatic carbocycles. The minimum absolute atomic E-state index is 0.0845. The number of hydrogen-bond donors (Lipinski definition) is 1. The molecule has 1 aliphatic rings. The Hall–Kier alpha value is -2.04. The fraction of sp³-hybridized carbons (Fsp3) is 0.529. The molecular formula is C17H24N2O3. The summed E-state index contributed by atoms with van der Waals surface area (Å²) in [4.78, 5) is 25.6. The lowest BCUT2D eigenvalue weighted by atomic mass is 9.92. The fourth-order valence-electron chi connectivity index (χ4n) is 2.91. The zero-order valence-corrected chi connectivity index (χ0v) is 13.2. The molecular weight excluding hydrogens is 280 g/mol. The Labute approximate surface area is 131 Å². The molecule has 2 atom stereocenters.